The van der Waals surface area contributed by atoms with Gasteiger partial charge in [-0.05, 0) is 20.8 Å². The highest BCUT2D eigenvalue weighted by Crippen LogP contribution is 2.15. The fraction of sp³-hybridized carbons (Fsp3) is 1.00. The van der Waals surface area contributed by atoms with Crippen LogP contribution in [-0.4, -0.2) is 31.7 Å². The van der Waals surface area contributed by atoms with Crippen LogP contribution < -0.4 is 0 Å². The molecule has 1 saturated heterocycles. The molecular formula is C9H18O3. The van der Waals surface area contributed by atoms with E-state index in [2.05, 4.69) is 0 Å². The van der Waals surface area contributed by atoms with E-state index in [0.717, 1.165) is 13.0 Å². The predicted octanol–water partition coefficient (Wildman–Crippen LogP) is 1.56. The second-order valence-electron chi connectivity index (χ2n) is 3.93. The summed E-state index contributed by atoms with van der Waals surface area (Å²) < 4.78 is 16.3. The Hall–Kier alpha value is -0.120. The highest BCUT2D eigenvalue weighted by molar-refractivity contribution is 4.62. The summed E-state index contributed by atoms with van der Waals surface area (Å²) in [6.45, 7) is 8.15. The average Bonchev–Trinajstić information content (AvgIpc) is 2.12. The minimum absolute atomic E-state index is 0.0903. The molecule has 12 heavy (non-hydrogen) atoms. The van der Waals surface area contributed by atoms with Gasteiger partial charge in [0.15, 0.2) is 6.29 Å². The first-order valence-electron chi connectivity index (χ1n) is 4.45. The second-order valence-corrected chi connectivity index (χ2v) is 3.93. The maximum absolute atomic E-state index is 5.66. The molecule has 0 amide bonds. The van der Waals surface area contributed by atoms with Gasteiger partial charge >= 0.3 is 0 Å². The van der Waals surface area contributed by atoms with Crippen LogP contribution in [0.25, 0.3) is 0 Å². The largest absolute Gasteiger partial charge is 0.379 e. The van der Waals surface area contributed by atoms with Crippen molar-refractivity contribution in [2.75, 3.05) is 19.8 Å². The molecule has 1 fully saturated rings. The van der Waals surface area contributed by atoms with Crippen molar-refractivity contribution >= 4 is 0 Å². The van der Waals surface area contributed by atoms with E-state index in [1.807, 2.05) is 20.8 Å². The van der Waals surface area contributed by atoms with Crippen LogP contribution in [0.3, 0.4) is 0 Å². The van der Waals surface area contributed by atoms with E-state index in [0.29, 0.717) is 13.2 Å². The summed E-state index contributed by atoms with van der Waals surface area (Å²) >= 11 is 0. The van der Waals surface area contributed by atoms with E-state index in [1.165, 1.54) is 0 Å². The Morgan fingerprint density at radius 1 is 1.17 bits per heavy atom. The Bertz CT molecular complexity index is 120. The number of rotatable bonds is 1. The van der Waals surface area contributed by atoms with Gasteiger partial charge in [0.1, 0.15) is 0 Å². The third-order valence-corrected chi connectivity index (χ3v) is 1.51. The van der Waals surface area contributed by atoms with Crippen LogP contribution in [0.4, 0.5) is 0 Å². The molecule has 0 N–H and O–H groups in total. The van der Waals surface area contributed by atoms with Crippen LogP contribution in [0.2, 0.25) is 0 Å². The number of ether oxygens (including phenoxy) is 3. The summed E-state index contributed by atoms with van der Waals surface area (Å²) in [6, 6.07) is 0. The van der Waals surface area contributed by atoms with E-state index in [4.69, 9.17) is 14.2 Å². The second kappa shape index (κ2) is 4.21. The smallest absolute Gasteiger partial charge is 0.160 e. The summed E-state index contributed by atoms with van der Waals surface area (Å²) in [7, 11) is 0. The normalized spacial score (nSPS) is 26.8. The van der Waals surface area contributed by atoms with Gasteiger partial charge in [-0.25, -0.2) is 0 Å². The zero-order valence-corrected chi connectivity index (χ0v) is 8.13. The van der Waals surface area contributed by atoms with Crippen molar-refractivity contribution in [3.05, 3.63) is 0 Å². The maximum atomic E-state index is 5.66. The molecule has 1 heterocycles. The lowest BCUT2D eigenvalue weighted by atomic mass is 10.2. The summed E-state index contributed by atoms with van der Waals surface area (Å²) in [4.78, 5) is 0. The molecule has 1 rings (SSSR count). The lowest BCUT2D eigenvalue weighted by Gasteiger charge is -2.25. The van der Waals surface area contributed by atoms with Crippen LogP contribution in [0, 0.1) is 0 Å². The molecule has 0 saturated carbocycles. The molecule has 0 aromatic rings. The quantitative estimate of drug-likeness (QED) is 0.604. The van der Waals surface area contributed by atoms with Gasteiger partial charge in [0, 0.05) is 6.42 Å². The molecule has 1 aliphatic rings. The van der Waals surface area contributed by atoms with Crippen molar-refractivity contribution in [3.8, 4) is 0 Å². The Morgan fingerprint density at radius 3 is 2.58 bits per heavy atom. The van der Waals surface area contributed by atoms with Crippen molar-refractivity contribution in [1.29, 1.82) is 0 Å². The molecule has 1 atom stereocenters. The first kappa shape index (κ1) is 9.96. The number of hydrogen-bond donors (Lipinski definition) is 0. The summed E-state index contributed by atoms with van der Waals surface area (Å²) in [6.07, 6.45) is 0.740. The van der Waals surface area contributed by atoms with E-state index < -0.39 is 0 Å². The van der Waals surface area contributed by atoms with E-state index in [9.17, 15) is 0 Å². The van der Waals surface area contributed by atoms with Gasteiger partial charge in [-0.2, -0.15) is 0 Å². The molecule has 3 heteroatoms. The van der Waals surface area contributed by atoms with Crippen LogP contribution in [0.1, 0.15) is 27.2 Å². The fourth-order valence-electron chi connectivity index (χ4n) is 1.09. The molecule has 0 aromatic carbocycles. The van der Waals surface area contributed by atoms with E-state index in [1.54, 1.807) is 0 Å². The molecule has 0 radical (unpaired) electrons. The van der Waals surface area contributed by atoms with Crippen molar-refractivity contribution in [1.82, 2.24) is 0 Å². The molecule has 0 bridgehead atoms. The summed E-state index contributed by atoms with van der Waals surface area (Å²) in [5.74, 6) is 0. The van der Waals surface area contributed by atoms with Crippen molar-refractivity contribution in [2.45, 2.75) is 39.1 Å². The fourth-order valence-corrected chi connectivity index (χ4v) is 1.09. The SMILES string of the molecule is CC(C)(C)OC1CCOCCO1. The highest BCUT2D eigenvalue weighted by atomic mass is 16.7. The summed E-state index contributed by atoms with van der Waals surface area (Å²) in [5, 5.41) is 0. The number of hydrogen-bond acceptors (Lipinski definition) is 3. The molecular weight excluding hydrogens is 156 g/mol. The minimum Gasteiger partial charge on any atom is -0.379 e. The Balaban J connectivity index is 2.30. The van der Waals surface area contributed by atoms with Crippen LogP contribution in [0.5, 0.6) is 0 Å². The lowest BCUT2D eigenvalue weighted by Crippen LogP contribution is -2.29. The molecule has 1 unspecified atom stereocenters. The van der Waals surface area contributed by atoms with Gasteiger partial charge < -0.3 is 14.2 Å². The topological polar surface area (TPSA) is 27.7 Å². The first-order valence-corrected chi connectivity index (χ1v) is 4.45. The van der Waals surface area contributed by atoms with Crippen LogP contribution in [0.15, 0.2) is 0 Å². The van der Waals surface area contributed by atoms with E-state index >= 15 is 0 Å². The third kappa shape index (κ3) is 4.04. The van der Waals surface area contributed by atoms with Crippen molar-refractivity contribution < 1.29 is 14.2 Å². The van der Waals surface area contributed by atoms with Crippen molar-refractivity contribution in [2.24, 2.45) is 0 Å². The standard InChI is InChI=1S/C9H18O3/c1-9(2,3)12-8-4-5-10-6-7-11-8/h8H,4-7H2,1-3H3. The molecule has 3 nitrogen and oxygen atoms in total. The molecule has 0 aliphatic carbocycles. The Kier molecular flexibility index (Phi) is 3.50. The third-order valence-electron chi connectivity index (χ3n) is 1.51. The van der Waals surface area contributed by atoms with E-state index in [-0.39, 0.29) is 11.9 Å². The molecule has 0 aromatic heterocycles. The molecule has 0 spiro atoms. The average molecular weight is 174 g/mol. The van der Waals surface area contributed by atoms with Gasteiger partial charge in [-0.3, -0.25) is 0 Å². The van der Waals surface area contributed by atoms with Gasteiger partial charge in [0.2, 0.25) is 0 Å². The molecule has 72 valence electrons. The minimum atomic E-state index is -0.130. The van der Waals surface area contributed by atoms with Gasteiger partial charge in [0.05, 0.1) is 25.4 Å². The van der Waals surface area contributed by atoms with Gasteiger partial charge in [-0.15, -0.1) is 0 Å². The zero-order chi connectivity index (χ0) is 9.03. The Morgan fingerprint density at radius 2 is 1.92 bits per heavy atom. The van der Waals surface area contributed by atoms with Crippen LogP contribution in [-0.2, 0) is 14.2 Å². The molecule has 1 aliphatic heterocycles. The zero-order valence-electron chi connectivity index (χ0n) is 8.13. The van der Waals surface area contributed by atoms with Crippen LogP contribution >= 0.6 is 0 Å². The van der Waals surface area contributed by atoms with Crippen molar-refractivity contribution in [3.63, 3.8) is 0 Å². The maximum Gasteiger partial charge on any atom is 0.160 e. The monoisotopic (exact) mass is 174 g/mol. The summed E-state index contributed by atoms with van der Waals surface area (Å²) in [5.41, 5.74) is -0.130. The predicted molar refractivity (Wildman–Crippen MR) is 46.0 cm³/mol. The van der Waals surface area contributed by atoms with Gasteiger partial charge in [0.25, 0.3) is 0 Å². The first-order chi connectivity index (χ1) is 5.58. The van der Waals surface area contributed by atoms with Gasteiger partial charge in [-0.1, -0.05) is 0 Å². The lowest BCUT2D eigenvalue weighted by molar-refractivity contribution is -0.191. The Labute approximate surface area is 74.0 Å². The highest BCUT2D eigenvalue weighted by Gasteiger charge is 2.20.